The number of nitrogens with zero attached hydrogens (tertiary/aromatic N) is 2. The summed E-state index contributed by atoms with van der Waals surface area (Å²) in [4.78, 5) is 18.4. The van der Waals surface area contributed by atoms with Crippen molar-refractivity contribution in [1.29, 1.82) is 0 Å². The highest BCUT2D eigenvalue weighted by Gasteiger charge is 2.15. The molecule has 1 aliphatic rings. The average molecular weight is 326 g/mol. The Morgan fingerprint density at radius 3 is 2.65 bits per heavy atom. The molecule has 2 N–H and O–H groups in total. The molecule has 0 aliphatic carbocycles. The minimum absolute atomic E-state index is 0.0799. The first-order valence-corrected chi connectivity index (χ1v) is 9.01. The minimum atomic E-state index is 0.0799. The van der Waals surface area contributed by atoms with Crippen molar-refractivity contribution >= 4 is 11.9 Å². The van der Waals surface area contributed by atoms with E-state index in [1.807, 2.05) is 0 Å². The van der Waals surface area contributed by atoms with E-state index in [0.717, 1.165) is 51.1 Å². The molecule has 1 fully saturated rings. The van der Waals surface area contributed by atoms with Gasteiger partial charge in [0.2, 0.25) is 5.91 Å². The number of hydrogen-bond donors (Lipinski definition) is 2. The van der Waals surface area contributed by atoms with E-state index in [-0.39, 0.29) is 5.91 Å². The van der Waals surface area contributed by atoms with Gasteiger partial charge in [0.25, 0.3) is 0 Å². The normalized spacial score (nSPS) is 16.2. The van der Waals surface area contributed by atoms with E-state index < -0.39 is 0 Å². The summed E-state index contributed by atoms with van der Waals surface area (Å²) in [5.41, 5.74) is 0. The van der Waals surface area contributed by atoms with Crippen LogP contribution in [0.5, 0.6) is 0 Å². The summed E-state index contributed by atoms with van der Waals surface area (Å²) in [6, 6.07) is 0. The van der Waals surface area contributed by atoms with Crippen molar-refractivity contribution in [3.63, 3.8) is 0 Å². The van der Waals surface area contributed by atoms with Gasteiger partial charge in [-0.1, -0.05) is 6.92 Å². The largest absolute Gasteiger partial charge is 0.381 e. The molecule has 0 aromatic carbocycles. The van der Waals surface area contributed by atoms with Crippen molar-refractivity contribution in [1.82, 2.24) is 15.5 Å². The van der Waals surface area contributed by atoms with Gasteiger partial charge in [0.15, 0.2) is 5.96 Å². The summed E-state index contributed by atoms with van der Waals surface area (Å²) < 4.78 is 5.41. The lowest BCUT2D eigenvalue weighted by Gasteiger charge is -2.26. The van der Waals surface area contributed by atoms with Crippen LogP contribution in [0.1, 0.15) is 46.0 Å². The molecule has 0 unspecified atom stereocenters. The van der Waals surface area contributed by atoms with Gasteiger partial charge >= 0.3 is 0 Å². The Bertz CT molecular complexity index is 355. The van der Waals surface area contributed by atoms with Crippen molar-refractivity contribution in [3.05, 3.63) is 0 Å². The molecule has 0 aromatic rings. The van der Waals surface area contributed by atoms with Gasteiger partial charge in [-0.15, -0.1) is 0 Å². The fraction of sp³-hybridized carbons (Fsp3) is 0.882. The first-order valence-electron chi connectivity index (χ1n) is 9.01. The summed E-state index contributed by atoms with van der Waals surface area (Å²) in [5, 5.41) is 6.19. The van der Waals surface area contributed by atoms with Crippen LogP contribution in [-0.4, -0.2) is 63.2 Å². The van der Waals surface area contributed by atoms with Crippen LogP contribution >= 0.6 is 0 Å². The molecule has 0 radical (unpaired) electrons. The Labute approximate surface area is 141 Å². The molecule has 0 aromatic heterocycles. The van der Waals surface area contributed by atoms with Crippen molar-refractivity contribution in [3.8, 4) is 0 Å². The predicted molar refractivity (Wildman–Crippen MR) is 94.7 cm³/mol. The lowest BCUT2D eigenvalue weighted by Crippen LogP contribution is -2.40. The van der Waals surface area contributed by atoms with Gasteiger partial charge < -0.3 is 20.3 Å². The summed E-state index contributed by atoms with van der Waals surface area (Å²) in [5.74, 6) is 1.73. The van der Waals surface area contributed by atoms with Crippen molar-refractivity contribution in [2.75, 3.05) is 46.4 Å². The molecule has 1 heterocycles. The standard InChI is InChI=1S/C17H34N4O2/c1-4-10-19-16(22)6-11-20-17(18-5-2)21(3)12-7-15-8-13-23-14-9-15/h15H,4-14H2,1-3H3,(H,18,20)(H,19,22). The molecule has 23 heavy (non-hydrogen) atoms. The Morgan fingerprint density at radius 1 is 1.26 bits per heavy atom. The van der Waals surface area contributed by atoms with E-state index >= 15 is 0 Å². The summed E-state index contributed by atoms with van der Waals surface area (Å²) >= 11 is 0. The zero-order valence-corrected chi connectivity index (χ0v) is 15.1. The second kappa shape index (κ2) is 12.2. The van der Waals surface area contributed by atoms with Gasteiger partial charge in [0.05, 0.1) is 6.54 Å². The summed E-state index contributed by atoms with van der Waals surface area (Å²) in [6.07, 6.45) is 4.91. The third kappa shape index (κ3) is 8.79. The van der Waals surface area contributed by atoms with Gasteiger partial charge in [-0.05, 0) is 38.5 Å². The highest BCUT2D eigenvalue weighted by Crippen LogP contribution is 2.18. The maximum absolute atomic E-state index is 11.6. The molecule has 1 aliphatic heterocycles. The lowest BCUT2D eigenvalue weighted by molar-refractivity contribution is -0.120. The molecule has 0 atom stereocenters. The second-order valence-corrected chi connectivity index (χ2v) is 6.10. The third-order valence-electron chi connectivity index (χ3n) is 4.08. The first kappa shape index (κ1) is 19.7. The number of amides is 1. The fourth-order valence-corrected chi connectivity index (χ4v) is 2.60. The predicted octanol–water partition coefficient (Wildman–Crippen LogP) is 1.62. The number of ether oxygens (including phenoxy) is 1. The quantitative estimate of drug-likeness (QED) is 0.499. The summed E-state index contributed by atoms with van der Waals surface area (Å²) in [7, 11) is 2.07. The van der Waals surface area contributed by atoms with Crippen molar-refractivity contribution in [2.45, 2.75) is 46.0 Å². The van der Waals surface area contributed by atoms with Crippen LogP contribution in [0.2, 0.25) is 0 Å². The molecule has 1 rings (SSSR count). The highest BCUT2D eigenvalue weighted by molar-refractivity contribution is 5.80. The minimum Gasteiger partial charge on any atom is -0.381 e. The van der Waals surface area contributed by atoms with Gasteiger partial charge in [0, 0.05) is 46.3 Å². The number of nitrogens with one attached hydrogen (secondary N) is 2. The number of guanidine groups is 1. The molecule has 1 saturated heterocycles. The summed E-state index contributed by atoms with van der Waals surface area (Å²) in [6.45, 7) is 9.00. The van der Waals surface area contributed by atoms with Crippen LogP contribution < -0.4 is 10.6 Å². The monoisotopic (exact) mass is 326 g/mol. The zero-order chi connectivity index (χ0) is 16.9. The zero-order valence-electron chi connectivity index (χ0n) is 15.1. The number of rotatable bonds is 9. The number of carbonyl (C=O) groups excluding carboxylic acids is 1. The van der Waals surface area contributed by atoms with E-state index in [1.165, 1.54) is 19.3 Å². The molecule has 134 valence electrons. The topological polar surface area (TPSA) is 66.0 Å². The molecule has 0 saturated carbocycles. The van der Waals surface area contributed by atoms with Crippen molar-refractivity contribution < 1.29 is 9.53 Å². The van der Waals surface area contributed by atoms with E-state index in [2.05, 4.69) is 41.4 Å². The third-order valence-corrected chi connectivity index (χ3v) is 4.08. The maximum Gasteiger partial charge on any atom is 0.221 e. The molecular weight excluding hydrogens is 292 g/mol. The van der Waals surface area contributed by atoms with Gasteiger partial charge in [0.1, 0.15) is 0 Å². The van der Waals surface area contributed by atoms with Crippen molar-refractivity contribution in [2.24, 2.45) is 10.9 Å². The Balaban J connectivity index is 2.35. The molecule has 6 nitrogen and oxygen atoms in total. The average Bonchev–Trinajstić information content (AvgIpc) is 2.58. The van der Waals surface area contributed by atoms with Gasteiger partial charge in [-0.25, -0.2) is 0 Å². The molecule has 0 bridgehead atoms. The smallest absolute Gasteiger partial charge is 0.221 e. The van der Waals surface area contributed by atoms with Crippen LogP contribution in [0.15, 0.2) is 4.99 Å². The van der Waals surface area contributed by atoms with Crippen LogP contribution in [0.4, 0.5) is 0 Å². The van der Waals surface area contributed by atoms with Crippen LogP contribution in [0.3, 0.4) is 0 Å². The SMILES string of the molecule is CCCNC(=O)CCN=C(NCC)N(C)CCC1CCOCC1. The van der Waals surface area contributed by atoms with E-state index in [4.69, 9.17) is 4.74 Å². The Hall–Kier alpha value is -1.30. The van der Waals surface area contributed by atoms with Crippen LogP contribution in [-0.2, 0) is 9.53 Å². The fourth-order valence-electron chi connectivity index (χ4n) is 2.60. The Kier molecular flexibility index (Phi) is 10.4. The number of carbonyl (C=O) groups is 1. The molecular formula is C17H34N4O2. The maximum atomic E-state index is 11.6. The highest BCUT2D eigenvalue weighted by atomic mass is 16.5. The Morgan fingerprint density at radius 2 is 2.00 bits per heavy atom. The molecule has 1 amide bonds. The molecule has 6 heteroatoms. The molecule has 0 spiro atoms. The number of aliphatic imine (C=N–C) groups is 1. The van der Waals surface area contributed by atoms with Crippen LogP contribution in [0, 0.1) is 5.92 Å². The van der Waals surface area contributed by atoms with E-state index in [0.29, 0.717) is 13.0 Å². The van der Waals surface area contributed by atoms with Gasteiger partial charge in [-0.3, -0.25) is 9.79 Å². The van der Waals surface area contributed by atoms with E-state index in [1.54, 1.807) is 0 Å². The number of hydrogen-bond acceptors (Lipinski definition) is 3. The van der Waals surface area contributed by atoms with Gasteiger partial charge in [-0.2, -0.15) is 0 Å². The van der Waals surface area contributed by atoms with E-state index in [9.17, 15) is 4.79 Å². The lowest BCUT2D eigenvalue weighted by atomic mass is 9.96. The second-order valence-electron chi connectivity index (χ2n) is 6.10. The first-order chi connectivity index (χ1) is 11.2. The van der Waals surface area contributed by atoms with Crippen LogP contribution in [0.25, 0.3) is 0 Å².